The fourth-order valence-electron chi connectivity index (χ4n) is 3.00. The minimum Gasteiger partial charge on any atom is -0.444 e. The summed E-state index contributed by atoms with van der Waals surface area (Å²) < 4.78 is 5.66. The summed E-state index contributed by atoms with van der Waals surface area (Å²) in [6, 6.07) is 3.31. The Labute approximate surface area is 152 Å². The van der Waals surface area contributed by atoms with Gasteiger partial charge < -0.3 is 9.73 Å². The van der Waals surface area contributed by atoms with Gasteiger partial charge in [0.1, 0.15) is 10.9 Å². The maximum atomic E-state index is 12.1. The average molecular weight is 363 g/mol. The van der Waals surface area contributed by atoms with Crippen molar-refractivity contribution in [2.24, 2.45) is 5.92 Å². The number of oxazole rings is 1. The summed E-state index contributed by atoms with van der Waals surface area (Å²) in [4.78, 5) is 22.8. The molecule has 1 aliphatic rings. The molecule has 1 aliphatic heterocycles. The zero-order chi connectivity index (χ0) is 17.8. The molecule has 1 saturated heterocycles. The zero-order valence-corrected chi connectivity index (χ0v) is 15.3. The average Bonchev–Trinajstić information content (AvgIpc) is 2.92. The number of aromatic nitrogens is 2. The first-order valence-electron chi connectivity index (χ1n) is 8.56. The van der Waals surface area contributed by atoms with Crippen LogP contribution in [-0.2, 0) is 6.54 Å². The SMILES string of the molecule is Cc1nc(CN2CCC(CNC(=O)c3ccc(Cl)nc3)CC2)oc1C. The Balaban J connectivity index is 1.41. The van der Waals surface area contributed by atoms with Gasteiger partial charge in [-0.3, -0.25) is 9.69 Å². The monoisotopic (exact) mass is 362 g/mol. The highest BCUT2D eigenvalue weighted by Gasteiger charge is 2.21. The van der Waals surface area contributed by atoms with Crippen LogP contribution in [0.4, 0.5) is 0 Å². The van der Waals surface area contributed by atoms with Gasteiger partial charge in [-0.05, 0) is 57.8 Å². The Bertz CT molecular complexity index is 702. The molecule has 134 valence electrons. The van der Waals surface area contributed by atoms with Crippen LogP contribution in [0.1, 0.15) is 40.5 Å². The molecule has 1 N–H and O–H groups in total. The van der Waals surface area contributed by atoms with Crippen LogP contribution in [0, 0.1) is 19.8 Å². The third-order valence-electron chi connectivity index (χ3n) is 4.68. The number of aryl methyl sites for hydroxylation is 2. The molecule has 1 amide bonds. The first-order chi connectivity index (χ1) is 12.0. The summed E-state index contributed by atoms with van der Waals surface area (Å²) >= 11 is 5.74. The van der Waals surface area contributed by atoms with Gasteiger partial charge in [0.25, 0.3) is 5.91 Å². The van der Waals surface area contributed by atoms with E-state index in [1.807, 2.05) is 13.8 Å². The fourth-order valence-corrected chi connectivity index (χ4v) is 3.11. The third kappa shape index (κ3) is 4.80. The van der Waals surface area contributed by atoms with Gasteiger partial charge in [0.2, 0.25) is 5.89 Å². The van der Waals surface area contributed by atoms with E-state index in [-0.39, 0.29) is 5.91 Å². The van der Waals surface area contributed by atoms with Gasteiger partial charge in [0.05, 0.1) is 17.8 Å². The second-order valence-electron chi connectivity index (χ2n) is 6.55. The molecule has 6 nitrogen and oxygen atoms in total. The van der Waals surface area contributed by atoms with E-state index in [4.69, 9.17) is 16.0 Å². The highest BCUT2D eigenvalue weighted by atomic mass is 35.5. The lowest BCUT2D eigenvalue weighted by molar-refractivity contribution is 0.0933. The molecule has 0 aliphatic carbocycles. The Kier molecular flexibility index (Phi) is 5.71. The van der Waals surface area contributed by atoms with E-state index < -0.39 is 0 Å². The lowest BCUT2D eigenvalue weighted by Crippen LogP contribution is -2.38. The number of amides is 1. The summed E-state index contributed by atoms with van der Waals surface area (Å²) in [5.41, 5.74) is 1.50. The molecule has 0 spiro atoms. The maximum Gasteiger partial charge on any atom is 0.252 e. The van der Waals surface area contributed by atoms with Crippen LogP contribution in [0.2, 0.25) is 5.15 Å². The van der Waals surface area contributed by atoms with Crippen LogP contribution >= 0.6 is 11.6 Å². The Morgan fingerprint density at radius 3 is 2.72 bits per heavy atom. The number of piperidine rings is 1. The van der Waals surface area contributed by atoms with E-state index in [9.17, 15) is 4.79 Å². The molecule has 7 heteroatoms. The van der Waals surface area contributed by atoms with Crippen molar-refractivity contribution < 1.29 is 9.21 Å². The Hall–Kier alpha value is -1.92. The first kappa shape index (κ1) is 17.9. The van der Waals surface area contributed by atoms with Crippen LogP contribution < -0.4 is 5.32 Å². The molecule has 0 atom stereocenters. The van der Waals surface area contributed by atoms with Crippen molar-refractivity contribution in [1.82, 2.24) is 20.2 Å². The van der Waals surface area contributed by atoms with Gasteiger partial charge in [-0.2, -0.15) is 0 Å². The lowest BCUT2D eigenvalue weighted by atomic mass is 9.96. The van der Waals surface area contributed by atoms with E-state index in [0.717, 1.165) is 49.8 Å². The van der Waals surface area contributed by atoms with Crippen molar-refractivity contribution in [3.05, 3.63) is 46.4 Å². The minimum absolute atomic E-state index is 0.0997. The molecule has 0 saturated carbocycles. The number of carbonyl (C=O) groups excluding carboxylic acids is 1. The van der Waals surface area contributed by atoms with Crippen LogP contribution in [-0.4, -0.2) is 40.4 Å². The lowest BCUT2D eigenvalue weighted by Gasteiger charge is -2.31. The molecule has 0 radical (unpaired) electrons. The Morgan fingerprint density at radius 2 is 2.12 bits per heavy atom. The van der Waals surface area contributed by atoms with Crippen LogP contribution in [0.3, 0.4) is 0 Å². The number of nitrogens with zero attached hydrogens (tertiary/aromatic N) is 3. The number of likely N-dealkylation sites (tertiary alicyclic amines) is 1. The van der Waals surface area contributed by atoms with E-state index in [0.29, 0.717) is 23.2 Å². The van der Waals surface area contributed by atoms with E-state index in [1.165, 1.54) is 6.20 Å². The number of carbonyl (C=O) groups is 1. The van der Waals surface area contributed by atoms with E-state index in [2.05, 4.69) is 20.2 Å². The third-order valence-corrected chi connectivity index (χ3v) is 4.90. The molecule has 1 fully saturated rings. The van der Waals surface area contributed by atoms with Crippen molar-refractivity contribution in [3.63, 3.8) is 0 Å². The molecule has 25 heavy (non-hydrogen) atoms. The van der Waals surface area contributed by atoms with Crippen LogP contribution in [0.25, 0.3) is 0 Å². The molecule has 3 heterocycles. The number of halogens is 1. The quantitative estimate of drug-likeness (QED) is 0.828. The Morgan fingerprint density at radius 1 is 1.36 bits per heavy atom. The van der Waals surface area contributed by atoms with Crippen molar-refractivity contribution in [2.75, 3.05) is 19.6 Å². The van der Waals surface area contributed by atoms with E-state index in [1.54, 1.807) is 12.1 Å². The molecule has 0 bridgehead atoms. The topological polar surface area (TPSA) is 71.3 Å². The molecular formula is C18H23ClN4O2. The summed E-state index contributed by atoms with van der Waals surface area (Å²) in [5.74, 6) is 2.08. The number of rotatable bonds is 5. The van der Waals surface area contributed by atoms with Crippen molar-refractivity contribution >= 4 is 17.5 Å². The van der Waals surface area contributed by atoms with Crippen molar-refractivity contribution in [1.29, 1.82) is 0 Å². The maximum absolute atomic E-state index is 12.1. The smallest absolute Gasteiger partial charge is 0.252 e. The van der Waals surface area contributed by atoms with Gasteiger partial charge in [0.15, 0.2) is 0 Å². The number of hydrogen-bond donors (Lipinski definition) is 1. The predicted molar refractivity (Wildman–Crippen MR) is 95.6 cm³/mol. The second-order valence-corrected chi connectivity index (χ2v) is 6.94. The fraction of sp³-hybridized carbons (Fsp3) is 0.500. The van der Waals surface area contributed by atoms with Crippen molar-refractivity contribution in [3.8, 4) is 0 Å². The largest absolute Gasteiger partial charge is 0.444 e. The van der Waals surface area contributed by atoms with Gasteiger partial charge >= 0.3 is 0 Å². The highest BCUT2D eigenvalue weighted by Crippen LogP contribution is 2.19. The number of hydrogen-bond acceptors (Lipinski definition) is 5. The number of nitrogens with one attached hydrogen (secondary N) is 1. The van der Waals surface area contributed by atoms with Crippen LogP contribution in [0.15, 0.2) is 22.7 Å². The second kappa shape index (κ2) is 7.97. The van der Waals surface area contributed by atoms with Gasteiger partial charge in [-0.1, -0.05) is 11.6 Å². The summed E-state index contributed by atoms with van der Waals surface area (Å²) in [5, 5.41) is 3.38. The molecular weight excluding hydrogens is 340 g/mol. The summed E-state index contributed by atoms with van der Waals surface area (Å²) in [6.07, 6.45) is 3.61. The van der Waals surface area contributed by atoms with Crippen molar-refractivity contribution in [2.45, 2.75) is 33.2 Å². The molecule has 3 rings (SSSR count). The van der Waals surface area contributed by atoms with Gasteiger partial charge in [-0.15, -0.1) is 0 Å². The summed E-state index contributed by atoms with van der Waals surface area (Å²) in [6.45, 7) is 7.33. The standard InChI is InChI=1S/C18H23ClN4O2/c1-12-13(2)25-17(22-12)11-23-7-5-14(6-8-23)9-21-18(24)15-3-4-16(19)20-10-15/h3-4,10,14H,5-9,11H2,1-2H3,(H,21,24). The molecule has 0 unspecified atom stereocenters. The predicted octanol–water partition coefficient (Wildman–Crippen LogP) is 2.98. The molecule has 2 aromatic heterocycles. The van der Waals surface area contributed by atoms with Gasteiger partial charge in [-0.25, -0.2) is 9.97 Å². The molecule has 0 aromatic carbocycles. The summed E-state index contributed by atoms with van der Waals surface area (Å²) in [7, 11) is 0. The normalized spacial score (nSPS) is 16.1. The van der Waals surface area contributed by atoms with Gasteiger partial charge in [0, 0.05) is 12.7 Å². The minimum atomic E-state index is -0.0997. The zero-order valence-electron chi connectivity index (χ0n) is 14.6. The first-order valence-corrected chi connectivity index (χ1v) is 8.94. The van der Waals surface area contributed by atoms with E-state index >= 15 is 0 Å². The molecule has 2 aromatic rings. The van der Waals surface area contributed by atoms with Crippen LogP contribution in [0.5, 0.6) is 0 Å². The highest BCUT2D eigenvalue weighted by molar-refractivity contribution is 6.29. The number of pyridine rings is 1.